The molecule has 3 rings (SSSR count). The van der Waals surface area contributed by atoms with E-state index in [-0.39, 0.29) is 23.7 Å². The lowest BCUT2D eigenvalue weighted by atomic mass is 9.94. The molecule has 1 aromatic carbocycles. The van der Waals surface area contributed by atoms with Crippen LogP contribution in [0.3, 0.4) is 0 Å². The number of anilines is 1. The van der Waals surface area contributed by atoms with Crippen molar-refractivity contribution in [3.63, 3.8) is 0 Å². The summed E-state index contributed by atoms with van der Waals surface area (Å²) >= 11 is 0. The van der Waals surface area contributed by atoms with E-state index >= 15 is 0 Å². The second-order valence-electron chi connectivity index (χ2n) is 4.89. The maximum atomic E-state index is 13.0. The van der Waals surface area contributed by atoms with Crippen LogP contribution in [0, 0.1) is 11.7 Å². The minimum absolute atomic E-state index is 0.0898. The first kappa shape index (κ1) is 13.7. The van der Waals surface area contributed by atoms with Gasteiger partial charge in [-0.2, -0.15) is 0 Å². The maximum Gasteiger partial charge on any atom is 0.230 e. The SMILES string of the molecule is O=C(Nc1ccncc1)C1CNNC1c1ccc(F)cc1. The molecule has 0 spiro atoms. The van der Waals surface area contributed by atoms with E-state index in [0.717, 1.165) is 5.56 Å². The highest BCUT2D eigenvalue weighted by atomic mass is 19.1. The fourth-order valence-corrected chi connectivity index (χ4v) is 2.40. The Hall–Kier alpha value is -2.31. The Morgan fingerprint density at radius 2 is 1.90 bits per heavy atom. The number of nitrogens with one attached hydrogen (secondary N) is 3. The van der Waals surface area contributed by atoms with Gasteiger partial charge in [0, 0.05) is 24.6 Å². The molecule has 2 unspecified atom stereocenters. The summed E-state index contributed by atoms with van der Waals surface area (Å²) in [7, 11) is 0. The van der Waals surface area contributed by atoms with Gasteiger partial charge in [0.25, 0.3) is 0 Å². The van der Waals surface area contributed by atoms with Gasteiger partial charge in [-0.25, -0.2) is 9.82 Å². The van der Waals surface area contributed by atoms with E-state index in [0.29, 0.717) is 12.2 Å². The Bertz CT molecular complexity index is 617. The highest BCUT2D eigenvalue weighted by molar-refractivity contribution is 5.93. The Morgan fingerprint density at radius 3 is 2.62 bits per heavy atom. The molecule has 0 aliphatic carbocycles. The van der Waals surface area contributed by atoms with Gasteiger partial charge in [-0.15, -0.1) is 0 Å². The van der Waals surface area contributed by atoms with Crippen LogP contribution in [0.4, 0.5) is 10.1 Å². The minimum Gasteiger partial charge on any atom is -0.326 e. The number of pyridine rings is 1. The third-order valence-electron chi connectivity index (χ3n) is 3.50. The zero-order chi connectivity index (χ0) is 14.7. The lowest BCUT2D eigenvalue weighted by Crippen LogP contribution is -2.29. The smallest absolute Gasteiger partial charge is 0.230 e. The predicted octanol–water partition coefficient (Wildman–Crippen LogP) is 1.62. The zero-order valence-corrected chi connectivity index (χ0v) is 11.2. The molecular formula is C15H15FN4O. The average molecular weight is 286 g/mol. The van der Waals surface area contributed by atoms with Gasteiger partial charge >= 0.3 is 0 Å². The van der Waals surface area contributed by atoms with Gasteiger partial charge in [-0.05, 0) is 29.8 Å². The zero-order valence-electron chi connectivity index (χ0n) is 11.2. The molecular weight excluding hydrogens is 271 g/mol. The van der Waals surface area contributed by atoms with Gasteiger partial charge in [-0.3, -0.25) is 15.2 Å². The Labute approximate surface area is 121 Å². The summed E-state index contributed by atoms with van der Waals surface area (Å²) in [6.07, 6.45) is 3.25. The van der Waals surface area contributed by atoms with Crippen LogP contribution in [0.5, 0.6) is 0 Å². The number of hydrogen-bond acceptors (Lipinski definition) is 4. The molecule has 1 amide bonds. The highest BCUT2D eigenvalue weighted by Gasteiger charge is 2.33. The van der Waals surface area contributed by atoms with Crippen molar-refractivity contribution in [2.75, 3.05) is 11.9 Å². The number of hydrogen-bond donors (Lipinski definition) is 3. The first-order chi connectivity index (χ1) is 10.2. The molecule has 2 heterocycles. The van der Waals surface area contributed by atoms with Crippen LogP contribution < -0.4 is 16.2 Å². The normalized spacial score (nSPS) is 21.2. The largest absolute Gasteiger partial charge is 0.326 e. The van der Waals surface area contributed by atoms with E-state index in [4.69, 9.17) is 0 Å². The molecule has 1 saturated heterocycles. The lowest BCUT2D eigenvalue weighted by Gasteiger charge is -2.18. The van der Waals surface area contributed by atoms with E-state index in [9.17, 15) is 9.18 Å². The molecule has 1 aliphatic heterocycles. The number of halogens is 1. The fraction of sp³-hybridized carbons (Fsp3) is 0.200. The Kier molecular flexibility index (Phi) is 3.89. The summed E-state index contributed by atoms with van der Waals surface area (Å²) in [5.41, 5.74) is 7.63. The molecule has 1 aliphatic rings. The van der Waals surface area contributed by atoms with Crippen molar-refractivity contribution in [2.24, 2.45) is 5.92 Å². The van der Waals surface area contributed by atoms with Gasteiger partial charge in [0.15, 0.2) is 0 Å². The van der Waals surface area contributed by atoms with Crippen molar-refractivity contribution in [1.82, 2.24) is 15.8 Å². The molecule has 6 heteroatoms. The summed E-state index contributed by atoms with van der Waals surface area (Å²) < 4.78 is 13.0. The van der Waals surface area contributed by atoms with Crippen molar-refractivity contribution in [2.45, 2.75) is 6.04 Å². The summed E-state index contributed by atoms with van der Waals surface area (Å²) in [5, 5.41) is 2.86. The third-order valence-corrected chi connectivity index (χ3v) is 3.50. The average Bonchev–Trinajstić information content (AvgIpc) is 2.98. The first-order valence-electron chi connectivity index (χ1n) is 6.69. The highest BCUT2D eigenvalue weighted by Crippen LogP contribution is 2.26. The number of benzene rings is 1. The van der Waals surface area contributed by atoms with Gasteiger partial charge in [-0.1, -0.05) is 12.1 Å². The summed E-state index contributed by atoms with van der Waals surface area (Å²) in [6, 6.07) is 9.45. The molecule has 21 heavy (non-hydrogen) atoms. The van der Waals surface area contributed by atoms with Gasteiger partial charge in [0.1, 0.15) is 5.82 Å². The summed E-state index contributed by atoms with van der Waals surface area (Å²) in [5.74, 6) is -0.654. The Morgan fingerprint density at radius 1 is 1.19 bits per heavy atom. The van der Waals surface area contributed by atoms with Crippen molar-refractivity contribution in [3.8, 4) is 0 Å². The first-order valence-corrected chi connectivity index (χ1v) is 6.69. The topological polar surface area (TPSA) is 66.0 Å². The lowest BCUT2D eigenvalue weighted by molar-refractivity contribution is -0.119. The number of aromatic nitrogens is 1. The number of nitrogens with zero attached hydrogens (tertiary/aromatic N) is 1. The summed E-state index contributed by atoms with van der Waals surface area (Å²) in [4.78, 5) is 16.3. The maximum absolute atomic E-state index is 13.0. The van der Waals surface area contributed by atoms with E-state index in [1.54, 1.807) is 36.7 Å². The second-order valence-corrected chi connectivity index (χ2v) is 4.89. The standard InChI is InChI=1S/C15H15FN4O/c16-11-3-1-10(2-4-11)14-13(9-18-20-14)15(21)19-12-5-7-17-8-6-12/h1-8,13-14,18,20H,9H2,(H,17,19,21). The van der Waals surface area contributed by atoms with Gasteiger partial charge in [0.2, 0.25) is 5.91 Å². The van der Waals surface area contributed by atoms with E-state index < -0.39 is 0 Å². The Balaban J connectivity index is 1.74. The molecule has 2 aromatic rings. The molecule has 0 bridgehead atoms. The third kappa shape index (κ3) is 3.07. The number of rotatable bonds is 3. The van der Waals surface area contributed by atoms with Crippen LogP contribution in [0.1, 0.15) is 11.6 Å². The van der Waals surface area contributed by atoms with Crippen LogP contribution in [0.25, 0.3) is 0 Å². The molecule has 0 radical (unpaired) electrons. The van der Waals surface area contributed by atoms with Crippen LogP contribution in [0.2, 0.25) is 0 Å². The number of amides is 1. The molecule has 108 valence electrons. The quantitative estimate of drug-likeness (QED) is 0.802. The number of hydrazine groups is 1. The minimum atomic E-state index is -0.289. The van der Waals surface area contributed by atoms with Crippen molar-refractivity contribution in [3.05, 3.63) is 60.2 Å². The molecule has 3 N–H and O–H groups in total. The molecule has 0 saturated carbocycles. The van der Waals surface area contributed by atoms with E-state index in [1.165, 1.54) is 12.1 Å². The van der Waals surface area contributed by atoms with Crippen LogP contribution >= 0.6 is 0 Å². The van der Waals surface area contributed by atoms with Crippen LogP contribution in [-0.4, -0.2) is 17.4 Å². The van der Waals surface area contributed by atoms with E-state index in [2.05, 4.69) is 21.2 Å². The molecule has 1 aromatic heterocycles. The monoisotopic (exact) mass is 286 g/mol. The van der Waals surface area contributed by atoms with Gasteiger partial charge < -0.3 is 5.32 Å². The van der Waals surface area contributed by atoms with Gasteiger partial charge in [0.05, 0.1) is 12.0 Å². The number of carbonyl (C=O) groups excluding carboxylic acids is 1. The molecule has 1 fully saturated rings. The fourth-order valence-electron chi connectivity index (χ4n) is 2.40. The second kappa shape index (κ2) is 5.99. The predicted molar refractivity (Wildman–Crippen MR) is 76.6 cm³/mol. The van der Waals surface area contributed by atoms with Crippen LogP contribution in [0.15, 0.2) is 48.8 Å². The van der Waals surface area contributed by atoms with Crippen molar-refractivity contribution in [1.29, 1.82) is 0 Å². The molecule has 5 nitrogen and oxygen atoms in total. The summed E-state index contributed by atoms with van der Waals surface area (Å²) in [6.45, 7) is 0.513. The number of carbonyl (C=O) groups is 1. The van der Waals surface area contributed by atoms with E-state index in [1.807, 2.05) is 0 Å². The van der Waals surface area contributed by atoms with Crippen molar-refractivity contribution < 1.29 is 9.18 Å². The van der Waals surface area contributed by atoms with Crippen molar-refractivity contribution >= 4 is 11.6 Å². The molecule has 2 atom stereocenters. The van der Waals surface area contributed by atoms with Crippen LogP contribution in [-0.2, 0) is 4.79 Å².